The summed E-state index contributed by atoms with van der Waals surface area (Å²) in [5, 5.41) is 5.86. The molecule has 13 heavy (non-hydrogen) atoms. The molecule has 0 radical (unpaired) electrons. The molecule has 0 heterocycles. The number of hydrogen-bond donors (Lipinski definition) is 2. The van der Waals surface area contributed by atoms with Crippen LogP contribution in [0.15, 0.2) is 0 Å². The van der Waals surface area contributed by atoms with E-state index in [0.29, 0.717) is 11.7 Å². The molecule has 0 saturated carbocycles. The maximum Gasteiger partial charge on any atom is 0.325 e. The molecule has 0 aromatic heterocycles. The molecule has 0 saturated heterocycles. The van der Waals surface area contributed by atoms with Crippen LogP contribution >= 0.6 is 12.2 Å². The quantitative estimate of drug-likeness (QED) is 0.386. The lowest BCUT2D eigenvalue weighted by Gasteiger charge is -2.06. The largest absolute Gasteiger partial charge is 0.464 e. The number of carbonyl (C=O) groups excluding carboxylic acids is 1. The van der Waals surface area contributed by atoms with Crippen LogP contribution in [0.25, 0.3) is 0 Å². The summed E-state index contributed by atoms with van der Waals surface area (Å²) in [6.07, 6.45) is 1.93. The lowest BCUT2D eigenvalue weighted by molar-refractivity contribution is -0.142. The summed E-state index contributed by atoms with van der Waals surface area (Å²) < 4.78 is 4.89. The van der Waals surface area contributed by atoms with Crippen molar-refractivity contribution in [3.8, 4) is 0 Å². The number of nitrogens with one attached hydrogen (secondary N) is 2. The van der Waals surface area contributed by atoms with Gasteiger partial charge in [0.2, 0.25) is 0 Å². The Morgan fingerprint density at radius 3 is 2.77 bits per heavy atom. The molecule has 4 nitrogen and oxygen atoms in total. The Morgan fingerprint density at radius 2 is 2.23 bits per heavy atom. The van der Waals surface area contributed by atoms with E-state index in [4.69, 9.17) is 17.0 Å². The molecule has 0 aliphatic heterocycles. The molecule has 0 aromatic carbocycles. The molecule has 5 heteroatoms. The van der Waals surface area contributed by atoms with Crippen molar-refractivity contribution < 1.29 is 9.53 Å². The van der Waals surface area contributed by atoms with E-state index in [1.807, 2.05) is 6.92 Å². The van der Waals surface area contributed by atoms with Gasteiger partial charge in [0.15, 0.2) is 5.11 Å². The van der Waals surface area contributed by atoms with E-state index in [-0.39, 0.29) is 12.5 Å². The predicted molar refractivity (Wildman–Crippen MR) is 55.5 cm³/mol. The summed E-state index contributed by atoms with van der Waals surface area (Å²) in [6, 6.07) is 0. The van der Waals surface area contributed by atoms with Crippen LogP contribution in [0.4, 0.5) is 0 Å². The van der Waals surface area contributed by atoms with Gasteiger partial charge in [0.25, 0.3) is 0 Å². The minimum atomic E-state index is -0.272. The molecule has 2 N–H and O–H groups in total. The molecule has 0 aliphatic rings. The van der Waals surface area contributed by atoms with Crippen molar-refractivity contribution in [1.29, 1.82) is 0 Å². The SMILES string of the molecule is CCCCOC(=O)CNC(=S)NC. The first kappa shape index (κ1) is 12.2. The minimum absolute atomic E-state index is 0.128. The van der Waals surface area contributed by atoms with Crippen LogP contribution < -0.4 is 10.6 Å². The first-order chi connectivity index (χ1) is 6.20. The zero-order valence-electron chi connectivity index (χ0n) is 8.05. The van der Waals surface area contributed by atoms with Gasteiger partial charge in [-0.2, -0.15) is 0 Å². The van der Waals surface area contributed by atoms with E-state index in [9.17, 15) is 4.79 Å². The van der Waals surface area contributed by atoms with E-state index in [2.05, 4.69) is 10.6 Å². The van der Waals surface area contributed by atoms with Crippen molar-refractivity contribution >= 4 is 23.3 Å². The highest BCUT2D eigenvalue weighted by Crippen LogP contribution is 1.87. The van der Waals surface area contributed by atoms with Crippen LogP contribution in [-0.2, 0) is 9.53 Å². The van der Waals surface area contributed by atoms with Crippen LogP contribution in [0.5, 0.6) is 0 Å². The standard InChI is InChI=1S/C8H16N2O2S/c1-3-4-5-12-7(11)6-10-8(13)9-2/h3-6H2,1-2H3,(H2,9,10,13). The summed E-state index contributed by atoms with van der Waals surface area (Å²) in [7, 11) is 1.69. The Kier molecular flexibility index (Phi) is 7.29. The monoisotopic (exact) mass is 204 g/mol. The van der Waals surface area contributed by atoms with E-state index in [0.717, 1.165) is 12.8 Å². The lowest BCUT2D eigenvalue weighted by Crippen LogP contribution is -2.36. The molecule has 76 valence electrons. The molecule has 0 unspecified atom stereocenters. The second-order valence-electron chi connectivity index (χ2n) is 2.51. The van der Waals surface area contributed by atoms with Crippen molar-refractivity contribution in [3.05, 3.63) is 0 Å². The van der Waals surface area contributed by atoms with Gasteiger partial charge in [-0.1, -0.05) is 13.3 Å². The third-order valence-corrected chi connectivity index (χ3v) is 1.73. The van der Waals surface area contributed by atoms with Gasteiger partial charge in [-0.15, -0.1) is 0 Å². The fourth-order valence-corrected chi connectivity index (χ4v) is 0.694. The molecule has 0 aromatic rings. The van der Waals surface area contributed by atoms with Crippen molar-refractivity contribution in [1.82, 2.24) is 10.6 Å². The zero-order chi connectivity index (χ0) is 10.1. The number of rotatable bonds is 5. The van der Waals surface area contributed by atoms with E-state index >= 15 is 0 Å². The molecule has 0 rings (SSSR count). The smallest absolute Gasteiger partial charge is 0.325 e. The highest BCUT2D eigenvalue weighted by atomic mass is 32.1. The number of unbranched alkanes of at least 4 members (excludes halogenated alkanes) is 1. The Balaban J connectivity index is 3.35. The van der Waals surface area contributed by atoms with E-state index in [1.54, 1.807) is 7.05 Å². The van der Waals surface area contributed by atoms with Crippen LogP contribution in [0.3, 0.4) is 0 Å². The fraction of sp³-hybridized carbons (Fsp3) is 0.750. The molecular formula is C8H16N2O2S. The third kappa shape index (κ3) is 7.52. The molecule has 0 amide bonds. The van der Waals surface area contributed by atoms with Crippen molar-refractivity contribution in [2.45, 2.75) is 19.8 Å². The third-order valence-electron chi connectivity index (χ3n) is 1.38. The summed E-state index contributed by atoms with van der Waals surface area (Å²) in [5.74, 6) is -0.272. The second-order valence-corrected chi connectivity index (χ2v) is 2.91. The van der Waals surface area contributed by atoms with Crippen LogP contribution in [0, 0.1) is 0 Å². The Bertz CT molecular complexity index is 174. The lowest BCUT2D eigenvalue weighted by atomic mass is 10.4. The minimum Gasteiger partial charge on any atom is -0.464 e. The van der Waals surface area contributed by atoms with Gasteiger partial charge >= 0.3 is 5.97 Å². The fourth-order valence-electron chi connectivity index (χ4n) is 0.622. The Morgan fingerprint density at radius 1 is 1.54 bits per heavy atom. The molecule has 0 aliphatic carbocycles. The normalized spacial score (nSPS) is 9.08. The van der Waals surface area contributed by atoms with Gasteiger partial charge in [0.05, 0.1) is 6.61 Å². The maximum absolute atomic E-state index is 11.0. The highest BCUT2D eigenvalue weighted by molar-refractivity contribution is 7.80. The molecule has 0 spiro atoms. The number of ether oxygens (including phenoxy) is 1. The highest BCUT2D eigenvalue weighted by Gasteiger charge is 2.01. The van der Waals surface area contributed by atoms with Crippen molar-refractivity contribution in [3.63, 3.8) is 0 Å². The topological polar surface area (TPSA) is 50.4 Å². The summed E-state index contributed by atoms with van der Waals surface area (Å²) in [5.41, 5.74) is 0. The van der Waals surface area contributed by atoms with Gasteiger partial charge < -0.3 is 15.4 Å². The van der Waals surface area contributed by atoms with Crippen molar-refractivity contribution in [2.75, 3.05) is 20.2 Å². The number of thiocarbonyl (C=S) groups is 1. The maximum atomic E-state index is 11.0. The number of carbonyl (C=O) groups is 1. The number of hydrogen-bond acceptors (Lipinski definition) is 3. The summed E-state index contributed by atoms with van der Waals surface area (Å²) in [4.78, 5) is 11.0. The average Bonchev–Trinajstić information content (AvgIpc) is 2.14. The van der Waals surface area contributed by atoms with Gasteiger partial charge in [-0.3, -0.25) is 4.79 Å². The van der Waals surface area contributed by atoms with Crippen molar-refractivity contribution in [2.24, 2.45) is 0 Å². The van der Waals surface area contributed by atoms with Gasteiger partial charge in [0, 0.05) is 7.05 Å². The Hall–Kier alpha value is -0.840. The van der Waals surface area contributed by atoms with E-state index < -0.39 is 0 Å². The average molecular weight is 204 g/mol. The Labute approximate surface area is 84.0 Å². The number of esters is 1. The summed E-state index contributed by atoms with van der Waals surface area (Å²) in [6.45, 7) is 2.66. The second kappa shape index (κ2) is 7.79. The summed E-state index contributed by atoms with van der Waals surface area (Å²) >= 11 is 4.78. The first-order valence-electron chi connectivity index (χ1n) is 4.32. The van der Waals surface area contributed by atoms with Gasteiger partial charge in [-0.05, 0) is 18.6 Å². The molecule has 0 fully saturated rings. The molecule has 0 bridgehead atoms. The van der Waals surface area contributed by atoms with E-state index in [1.165, 1.54) is 0 Å². The molecule has 0 atom stereocenters. The van der Waals surface area contributed by atoms with Gasteiger partial charge in [-0.25, -0.2) is 0 Å². The van der Waals surface area contributed by atoms with Crippen LogP contribution in [0.1, 0.15) is 19.8 Å². The zero-order valence-corrected chi connectivity index (χ0v) is 8.87. The van der Waals surface area contributed by atoms with Crippen LogP contribution in [0.2, 0.25) is 0 Å². The first-order valence-corrected chi connectivity index (χ1v) is 4.72. The van der Waals surface area contributed by atoms with Crippen LogP contribution in [-0.4, -0.2) is 31.3 Å². The predicted octanol–water partition coefficient (Wildman–Crippen LogP) is 0.424. The molecular weight excluding hydrogens is 188 g/mol. The van der Waals surface area contributed by atoms with Gasteiger partial charge in [0.1, 0.15) is 6.54 Å².